The van der Waals surface area contributed by atoms with E-state index in [-0.39, 0.29) is 5.95 Å². The Kier molecular flexibility index (Phi) is 5.38. The molecule has 4 N–H and O–H groups in total. The van der Waals surface area contributed by atoms with E-state index in [4.69, 9.17) is 5.73 Å². The van der Waals surface area contributed by atoms with Crippen molar-refractivity contribution in [3.05, 3.63) is 34.3 Å². The molecule has 0 aliphatic rings. The van der Waals surface area contributed by atoms with E-state index in [1.165, 1.54) is 5.56 Å². The molecule has 2 rings (SSSR count). The standard InChI is InChI=1S/C15H20BrN5/c1-3-7-18-13-9-14(21-15(17)20-13)19-12-6-5-11(16)8-10(12)4-2/h5-6,8-9H,3-4,7H2,1-2H3,(H4,17,18,19,20,21). The number of nitrogens with zero attached hydrogens (tertiary/aromatic N) is 2. The molecular weight excluding hydrogens is 330 g/mol. The monoisotopic (exact) mass is 349 g/mol. The van der Waals surface area contributed by atoms with Gasteiger partial charge in [-0.25, -0.2) is 0 Å². The molecule has 0 bridgehead atoms. The topological polar surface area (TPSA) is 75.9 Å². The fraction of sp³-hybridized carbons (Fsp3) is 0.333. The summed E-state index contributed by atoms with van der Waals surface area (Å²) in [5.41, 5.74) is 8.01. The van der Waals surface area contributed by atoms with Crippen LogP contribution in [0.5, 0.6) is 0 Å². The summed E-state index contributed by atoms with van der Waals surface area (Å²) in [6.45, 7) is 5.08. The molecule has 0 fully saturated rings. The maximum absolute atomic E-state index is 5.77. The first-order valence-corrected chi connectivity index (χ1v) is 7.85. The molecule has 112 valence electrons. The molecule has 1 aromatic heterocycles. The van der Waals surface area contributed by atoms with Crippen molar-refractivity contribution in [1.82, 2.24) is 9.97 Å². The number of halogens is 1. The van der Waals surface area contributed by atoms with Gasteiger partial charge in [0.2, 0.25) is 5.95 Å². The van der Waals surface area contributed by atoms with Gasteiger partial charge in [0.25, 0.3) is 0 Å². The lowest BCUT2D eigenvalue weighted by molar-refractivity contribution is 0.967. The Morgan fingerprint density at radius 3 is 2.62 bits per heavy atom. The van der Waals surface area contributed by atoms with Crippen molar-refractivity contribution in [2.45, 2.75) is 26.7 Å². The lowest BCUT2D eigenvalue weighted by atomic mass is 10.1. The predicted molar refractivity (Wildman–Crippen MR) is 92.0 cm³/mol. The fourth-order valence-corrected chi connectivity index (χ4v) is 2.40. The number of aromatic nitrogens is 2. The van der Waals surface area contributed by atoms with Crippen molar-refractivity contribution in [2.24, 2.45) is 0 Å². The lowest BCUT2D eigenvalue weighted by Gasteiger charge is -2.12. The van der Waals surface area contributed by atoms with E-state index in [1.807, 2.05) is 18.2 Å². The van der Waals surface area contributed by atoms with Crippen molar-refractivity contribution in [3.8, 4) is 0 Å². The summed E-state index contributed by atoms with van der Waals surface area (Å²) >= 11 is 3.49. The molecule has 1 heterocycles. The zero-order chi connectivity index (χ0) is 15.2. The van der Waals surface area contributed by atoms with Gasteiger partial charge in [-0.15, -0.1) is 0 Å². The molecule has 0 amide bonds. The first-order chi connectivity index (χ1) is 10.1. The predicted octanol–water partition coefficient (Wildman–Crippen LogP) is 3.95. The minimum atomic E-state index is 0.258. The molecule has 1 aromatic carbocycles. The normalized spacial score (nSPS) is 10.4. The van der Waals surface area contributed by atoms with Crippen molar-refractivity contribution in [3.63, 3.8) is 0 Å². The Morgan fingerprint density at radius 1 is 1.14 bits per heavy atom. The van der Waals surface area contributed by atoms with E-state index in [2.05, 4.69) is 56.4 Å². The quantitative estimate of drug-likeness (QED) is 0.736. The molecule has 0 aliphatic heterocycles. The summed E-state index contributed by atoms with van der Waals surface area (Å²) in [6.07, 6.45) is 1.96. The minimum absolute atomic E-state index is 0.258. The van der Waals surface area contributed by atoms with Crippen LogP contribution in [-0.4, -0.2) is 16.5 Å². The molecule has 0 unspecified atom stereocenters. The molecule has 0 radical (unpaired) electrons. The van der Waals surface area contributed by atoms with E-state index in [0.29, 0.717) is 5.82 Å². The molecule has 0 aliphatic carbocycles. The second-order valence-corrected chi connectivity index (χ2v) is 5.62. The van der Waals surface area contributed by atoms with Gasteiger partial charge in [-0.2, -0.15) is 9.97 Å². The molecule has 0 spiro atoms. The van der Waals surface area contributed by atoms with Crippen LogP contribution in [0.2, 0.25) is 0 Å². The van der Waals surface area contributed by atoms with Crippen LogP contribution in [-0.2, 0) is 6.42 Å². The van der Waals surface area contributed by atoms with Crippen LogP contribution in [0.25, 0.3) is 0 Å². The Labute approximate surface area is 133 Å². The molecule has 21 heavy (non-hydrogen) atoms. The van der Waals surface area contributed by atoms with E-state index >= 15 is 0 Å². The van der Waals surface area contributed by atoms with Crippen LogP contribution < -0.4 is 16.4 Å². The van der Waals surface area contributed by atoms with E-state index in [1.54, 1.807) is 0 Å². The Hall–Kier alpha value is -1.82. The maximum Gasteiger partial charge on any atom is 0.223 e. The Bertz CT molecular complexity index is 615. The third-order valence-electron chi connectivity index (χ3n) is 3.01. The van der Waals surface area contributed by atoms with Crippen LogP contribution in [0.4, 0.5) is 23.3 Å². The zero-order valence-electron chi connectivity index (χ0n) is 12.3. The SMILES string of the molecule is CCCNc1cc(Nc2ccc(Br)cc2CC)nc(N)n1. The summed E-state index contributed by atoms with van der Waals surface area (Å²) in [5.74, 6) is 1.69. The third-order valence-corrected chi connectivity index (χ3v) is 3.50. The molecular formula is C15H20BrN5. The van der Waals surface area contributed by atoms with Crippen molar-refractivity contribution >= 4 is 39.2 Å². The second kappa shape index (κ2) is 7.26. The number of nitrogens with one attached hydrogen (secondary N) is 2. The number of nitrogen functional groups attached to an aromatic ring is 1. The smallest absolute Gasteiger partial charge is 0.223 e. The van der Waals surface area contributed by atoms with Gasteiger partial charge >= 0.3 is 0 Å². The van der Waals surface area contributed by atoms with Gasteiger partial charge in [0.1, 0.15) is 11.6 Å². The number of benzene rings is 1. The van der Waals surface area contributed by atoms with Crippen molar-refractivity contribution < 1.29 is 0 Å². The first-order valence-electron chi connectivity index (χ1n) is 7.06. The molecule has 0 saturated carbocycles. The highest BCUT2D eigenvalue weighted by Crippen LogP contribution is 2.25. The maximum atomic E-state index is 5.77. The molecule has 6 heteroatoms. The third kappa shape index (κ3) is 4.32. The summed E-state index contributed by atoms with van der Waals surface area (Å²) in [5, 5.41) is 6.54. The van der Waals surface area contributed by atoms with Gasteiger partial charge in [-0.05, 0) is 36.6 Å². The number of hydrogen-bond donors (Lipinski definition) is 3. The molecule has 2 aromatic rings. The zero-order valence-corrected chi connectivity index (χ0v) is 13.9. The van der Waals surface area contributed by atoms with Gasteiger partial charge in [0.15, 0.2) is 0 Å². The van der Waals surface area contributed by atoms with Gasteiger partial charge in [0.05, 0.1) is 0 Å². The van der Waals surface area contributed by atoms with Crippen LogP contribution in [0, 0.1) is 0 Å². The van der Waals surface area contributed by atoms with Gasteiger partial charge in [0, 0.05) is 22.8 Å². The summed E-state index contributed by atoms with van der Waals surface area (Å²) in [6, 6.07) is 8.00. The number of aryl methyl sites for hydroxylation is 1. The highest BCUT2D eigenvalue weighted by Gasteiger charge is 2.06. The summed E-state index contributed by atoms with van der Waals surface area (Å²) < 4.78 is 1.07. The Morgan fingerprint density at radius 2 is 1.90 bits per heavy atom. The Balaban J connectivity index is 2.24. The second-order valence-electron chi connectivity index (χ2n) is 4.70. The van der Waals surface area contributed by atoms with E-state index in [0.717, 1.165) is 35.4 Å². The van der Waals surface area contributed by atoms with E-state index < -0.39 is 0 Å². The van der Waals surface area contributed by atoms with Gasteiger partial charge in [-0.3, -0.25) is 0 Å². The molecule has 0 saturated heterocycles. The van der Waals surface area contributed by atoms with Crippen molar-refractivity contribution in [2.75, 3.05) is 22.9 Å². The average molecular weight is 350 g/mol. The fourth-order valence-electron chi connectivity index (χ4n) is 1.99. The average Bonchev–Trinajstić information content (AvgIpc) is 2.46. The number of rotatable bonds is 6. The first kappa shape index (κ1) is 15.6. The highest BCUT2D eigenvalue weighted by molar-refractivity contribution is 9.10. The summed E-state index contributed by atoms with van der Waals surface area (Å²) in [7, 11) is 0. The van der Waals surface area contributed by atoms with Gasteiger partial charge < -0.3 is 16.4 Å². The number of anilines is 4. The highest BCUT2D eigenvalue weighted by atomic mass is 79.9. The lowest BCUT2D eigenvalue weighted by Crippen LogP contribution is -2.07. The molecule has 0 atom stereocenters. The largest absolute Gasteiger partial charge is 0.370 e. The van der Waals surface area contributed by atoms with Crippen LogP contribution in [0.3, 0.4) is 0 Å². The minimum Gasteiger partial charge on any atom is -0.370 e. The van der Waals surface area contributed by atoms with Crippen LogP contribution in [0.1, 0.15) is 25.8 Å². The van der Waals surface area contributed by atoms with Crippen LogP contribution >= 0.6 is 15.9 Å². The van der Waals surface area contributed by atoms with Crippen LogP contribution in [0.15, 0.2) is 28.7 Å². The summed E-state index contributed by atoms with van der Waals surface area (Å²) in [4.78, 5) is 8.42. The number of nitrogens with two attached hydrogens (primary N) is 1. The van der Waals surface area contributed by atoms with Gasteiger partial charge in [-0.1, -0.05) is 29.8 Å². The molecule has 5 nitrogen and oxygen atoms in total. The van der Waals surface area contributed by atoms with E-state index in [9.17, 15) is 0 Å². The number of hydrogen-bond acceptors (Lipinski definition) is 5. The van der Waals surface area contributed by atoms with Crippen molar-refractivity contribution in [1.29, 1.82) is 0 Å².